The third kappa shape index (κ3) is 4.51. The third-order valence-corrected chi connectivity index (χ3v) is 2.55. The molecule has 0 radical (unpaired) electrons. The molecule has 1 atom stereocenters. The van der Waals surface area contributed by atoms with Gasteiger partial charge in [-0.2, -0.15) is 0 Å². The topological polar surface area (TPSA) is 81.7 Å². The highest BCUT2D eigenvalue weighted by Gasteiger charge is 2.22. The van der Waals surface area contributed by atoms with Crippen LogP contribution in [-0.4, -0.2) is 25.0 Å². The van der Waals surface area contributed by atoms with Gasteiger partial charge in [-0.15, -0.1) is 0 Å². The summed E-state index contributed by atoms with van der Waals surface area (Å²) in [7, 11) is 0.576. The molecule has 0 saturated carbocycles. The van der Waals surface area contributed by atoms with Gasteiger partial charge in [0.05, 0.1) is 7.11 Å². The summed E-state index contributed by atoms with van der Waals surface area (Å²) < 4.78 is 19.8. The molecule has 0 aromatic heterocycles. The number of hydrogen-bond donors (Lipinski definition) is 1. The van der Waals surface area contributed by atoms with Crippen LogP contribution in [0.1, 0.15) is 5.56 Å². The van der Waals surface area contributed by atoms with Gasteiger partial charge in [-0.25, -0.2) is 9.59 Å². The number of ether oxygens (including phenoxy) is 2. The molecule has 0 fully saturated rings. The van der Waals surface area contributed by atoms with Crippen LogP contribution >= 0.6 is 8.46 Å². The maximum atomic E-state index is 11.3. The Morgan fingerprint density at radius 2 is 2.00 bits per heavy atom. The fourth-order valence-corrected chi connectivity index (χ4v) is 1.47. The summed E-state index contributed by atoms with van der Waals surface area (Å²) in [6, 6.07) is 9.04. The van der Waals surface area contributed by atoms with Crippen LogP contribution in [0.25, 0.3) is 0 Å². The minimum Gasteiger partial charge on any atom is -0.467 e. The van der Waals surface area contributed by atoms with E-state index in [-0.39, 0.29) is 6.61 Å². The summed E-state index contributed by atoms with van der Waals surface area (Å²) >= 11 is 0. The van der Waals surface area contributed by atoms with E-state index in [1.54, 1.807) is 12.1 Å². The van der Waals surface area contributed by atoms with Crippen LogP contribution in [0.2, 0.25) is 0 Å². The molecule has 18 heavy (non-hydrogen) atoms. The van der Waals surface area contributed by atoms with Gasteiger partial charge in [0, 0.05) is 0 Å². The van der Waals surface area contributed by atoms with Crippen molar-refractivity contribution in [2.24, 2.45) is 0 Å². The zero-order valence-electron chi connectivity index (χ0n) is 9.66. The highest BCUT2D eigenvalue weighted by atomic mass is 31.1. The monoisotopic (exact) mass is 269 g/mol. The molecular weight excluding hydrogens is 257 g/mol. The number of nitrogens with one attached hydrogen (secondary N) is 1. The molecule has 7 heteroatoms. The minimum absolute atomic E-state index is 0.0658. The van der Waals surface area contributed by atoms with Gasteiger partial charge < -0.3 is 9.47 Å². The maximum absolute atomic E-state index is 11.3. The molecule has 0 aliphatic heterocycles. The lowest BCUT2D eigenvalue weighted by molar-refractivity contribution is -0.140. The van der Waals surface area contributed by atoms with Crippen LogP contribution in [0, 0.1) is 0 Å². The standard InChI is InChI=1S/C11H12NO5P/c1-16-10(13)9(18-15)12-11(14)17-7-8-5-3-2-4-6-8/h2-6,9H,7H2,1H3,(H,12,14). The molecule has 1 unspecified atom stereocenters. The number of esters is 1. The normalized spacial score (nSPS) is 11.6. The lowest BCUT2D eigenvalue weighted by atomic mass is 10.2. The number of methoxy groups -OCH3 is 1. The molecule has 0 spiro atoms. The molecule has 1 N–H and O–H groups in total. The summed E-state index contributed by atoms with van der Waals surface area (Å²) in [6.45, 7) is 0.0658. The fourth-order valence-electron chi connectivity index (χ4n) is 1.12. The largest absolute Gasteiger partial charge is 0.467 e. The smallest absolute Gasteiger partial charge is 0.408 e. The molecule has 96 valence electrons. The van der Waals surface area contributed by atoms with E-state index < -0.39 is 26.3 Å². The number of benzene rings is 1. The summed E-state index contributed by atoms with van der Waals surface area (Å²) in [5, 5.41) is 2.13. The van der Waals surface area contributed by atoms with Gasteiger partial charge in [-0.05, 0) is 5.56 Å². The Kier molecular flexibility index (Phi) is 5.80. The van der Waals surface area contributed by atoms with Crippen LogP contribution in [0.4, 0.5) is 4.79 Å². The minimum atomic E-state index is -1.25. The second-order valence-electron chi connectivity index (χ2n) is 3.24. The number of rotatable bonds is 5. The van der Waals surface area contributed by atoms with Gasteiger partial charge in [-0.1, -0.05) is 30.3 Å². The Morgan fingerprint density at radius 1 is 1.33 bits per heavy atom. The molecule has 0 saturated heterocycles. The van der Waals surface area contributed by atoms with Crippen molar-refractivity contribution in [2.75, 3.05) is 7.11 Å². The van der Waals surface area contributed by atoms with Crippen molar-refractivity contribution >= 4 is 20.5 Å². The van der Waals surface area contributed by atoms with Crippen LogP contribution in [0.3, 0.4) is 0 Å². The van der Waals surface area contributed by atoms with E-state index in [1.165, 1.54) is 0 Å². The summed E-state index contributed by atoms with van der Waals surface area (Å²) in [6.07, 6.45) is -0.836. The Labute approximate surface area is 105 Å². The first-order valence-corrected chi connectivity index (χ1v) is 5.93. The van der Waals surface area contributed by atoms with Gasteiger partial charge in [-0.3, -0.25) is 9.88 Å². The van der Waals surface area contributed by atoms with Gasteiger partial charge in [0.2, 0.25) is 5.78 Å². The zero-order chi connectivity index (χ0) is 13.4. The number of carbonyl (C=O) groups is 2. The van der Waals surface area contributed by atoms with E-state index in [9.17, 15) is 14.2 Å². The average molecular weight is 269 g/mol. The van der Waals surface area contributed by atoms with E-state index in [0.29, 0.717) is 0 Å². The first-order valence-electron chi connectivity index (χ1n) is 5.05. The van der Waals surface area contributed by atoms with E-state index in [1.807, 2.05) is 18.2 Å². The van der Waals surface area contributed by atoms with Crippen molar-refractivity contribution in [3.63, 3.8) is 0 Å². The van der Waals surface area contributed by atoms with Gasteiger partial charge in [0.25, 0.3) is 0 Å². The van der Waals surface area contributed by atoms with E-state index in [0.717, 1.165) is 12.7 Å². The molecule has 1 aromatic carbocycles. The van der Waals surface area contributed by atoms with E-state index in [4.69, 9.17) is 4.74 Å². The lowest BCUT2D eigenvalue weighted by Crippen LogP contribution is -2.37. The quantitative estimate of drug-likeness (QED) is 0.650. The molecule has 1 amide bonds. The Balaban J connectivity index is 2.42. The third-order valence-electron chi connectivity index (χ3n) is 2.00. The predicted octanol–water partition coefficient (Wildman–Crippen LogP) is 1.70. The Morgan fingerprint density at radius 3 is 2.56 bits per heavy atom. The summed E-state index contributed by atoms with van der Waals surface area (Å²) in [5.41, 5.74) is 0.807. The van der Waals surface area contributed by atoms with Gasteiger partial charge in [0.15, 0.2) is 8.46 Å². The average Bonchev–Trinajstić information content (AvgIpc) is 2.42. The summed E-state index contributed by atoms with van der Waals surface area (Å²) in [5.74, 6) is -2.05. The molecule has 1 rings (SSSR count). The van der Waals surface area contributed by atoms with Crippen LogP contribution in [0.15, 0.2) is 30.3 Å². The number of hydrogen-bond acceptors (Lipinski definition) is 5. The second kappa shape index (κ2) is 7.40. The molecular formula is C11H12NO5P. The Hall–Kier alpha value is -1.94. The van der Waals surface area contributed by atoms with Crippen molar-refractivity contribution in [3.05, 3.63) is 35.9 Å². The second-order valence-corrected chi connectivity index (χ2v) is 3.96. The van der Waals surface area contributed by atoms with Gasteiger partial charge in [0.1, 0.15) is 6.61 Å². The predicted molar refractivity (Wildman–Crippen MR) is 63.2 cm³/mol. The number of amides is 1. The van der Waals surface area contributed by atoms with Gasteiger partial charge >= 0.3 is 12.1 Å². The van der Waals surface area contributed by atoms with Crippen molar-refractivity contribution < 1.29 is 23.6 Å². The SMILES string of the molecule is COC(=O)C(NC(=O)OCc1ccccc1)P=O. The van der Waals surface area contributed by atoms with E-state index in [2.05, 4.69) is 10.1 Å². The molecule has 0 bridgehead atoms. The first kappa shape index (κ1) is 14.1. The fraction of sp³-hybridized carbons (Fsp3) is 0.273. The molecule has 0 aliphatic carbocycles. The Bertz CT molecular complexity index is 423. The molecule has 0 heterocycles. The zero-order valence-corrected chi connectivity index (χ0v) is 10.6. The van der Waals surface area contributed by atoms with Crippen LogP contribution < -0.4 is 5.32 Å². The van der Waals surface area contributed by atoms with Crippen LogP contribution in [-0.2, 0) is 25.4 Å². The van der Waals surface area contributed by atoms with Crippen molar-refractivity contribution in [2.45, 2.75) is 12.4 Å². The molecule has 0 aliphatic rings. The molecule has 6 nitrogen and oxygen atoms in total. The molecule has 1 aromatic rings. The van der Waals surface area contributed by atoms with Crippen molar-refractivity contribution in [1.82, 2.24) is 5.32 Å². The number of alkyl carbamates (subject to hydrolysis) is 1. The summed E-state index contributed by atoms with van der Waals surface area (Å²) in [4.78, 5) is 22.4. The van der Waals surface area contributed by atoms with Crippen molar-refractivity contribution in [1.29, 1.82) is 0 Å². The highest BCUT2D eigenvalue weighted by molar-refractivity contribution is 7.26. The highest BCUT2D eigenvalue weighted by Crippen LogP contribution is 2.06. The van der Waals surface area contributed by atoms with E-state index >= 15 is 0 Å². The first-order chi connectivity index (χ1) is 8.67. The lowest BCUT2D eigenvalue weighted by Gasteiger charge is -2.10. The van der Waals surface area contributed by atoms with Crippen LogP contribution in [0.5, 0.6) is 0 Å². The maximum Gasteiger partial charge on any atom is 0.408 e. The number of carbonyl (C=O) groups excluding carboxylic acids is 2. The van der Waals surface area contributed by atoms with Crippen molar-refractivity contribution in [3.8, 4) is 0 Å².